The highest BCUT2D eigenvalue weighted by Gasteiger charge is 2.05. The SMILES string of the molecule is CCCn1ncnc1COc1ccc(F)c(C)c1. The first-order valence-corrected chi connectivity index (χ1v) is 5.96. The highest BCUT2D eigenvalue weighted by Crippen LogP contribution is 2.16. The van der Waals surface area contributed by atoms with Crippen molar-refractivity contribution in [2.75, 3.05) is 0 Å². The number of ether oxygens (including phenoxy) is 1. The summed E-state index contributed by atoms with van der Waals surface area (Å²) in [5.41, 5.74) is 0.572. The van der Waals surface area contributed by atoms with Gasteiger partial charge in [-0.15, -0.1) is 0 Å². The molecule has 1 aromatic heterocycles. The van der Waals surface area contributed by atoms with Gasteiger partial charge in [-0.2, -0.15) is 5.10 Å². The average molecular weight is 249 g/mol. The molecule has 0 saturated carbocycles. The maximum absolute atomic E-state index is 13.1. The summed E-state index contributed by atoms with van der Waals surface area (Å²) >= 11 is 0. The Kier molecular flexibility index (Phi) is 3.92. The van der Waals surface area contributed by atoms with Crippen LogP contribution in [0.25, 0.3) is 0 Å². The molecule has 0 saturated heterocycles. The number of aromatic nitrogens is 3. The molecule has 0 amide bonds. The standard InChI is InChI=1S/C13H16FN3O/c1-3-6-17-13(15-9-16-17)8-18-11-4-5-12(14)10(2)7-11/h4-5,7,9H,3,6,8H2,1-2H3. The predicted octanol–water partition coefficient (Wildman–Crippen LogP) is 2.71. The van der Waals surface area contributed by atoms with E-state index in [2.05, 4.69) is 17.0 Å². The van der Waals surface area contributed by atoms with Gasteiger partial charge in [0.25, 0.3) is 0 Å². The Morgan fingerprint density at radius 1 is 1.39 bits per heavy atom. The minimum Gasteiger partial charge on any atom is -0.486 e. The Morgan fingerprint density at radius 3 is 2.94 bits per heavy atom. The van der Waals surface area contributed by atoms with E-state index in [4.69, 9.17) is 4.74 Å². The van der Waals surface area contributed by atoms with Crippen LogP contribution in [0.5, 0.6) is 5.75 Å². The van der Waals surface area contributed by atoms with Crippen LogP contribution >= 0.6 is 0 Å². The van der Waals surface area contributed by atoms with E-state index in [1.807, 2.05) is 4.68 Å². The molecule has 0 fully saturated rings. The molecule has 2 aromatic rings. The highest BCUT2D eigenvalue weighted by atomic mass is 19.1. The minimum atomic E-state index is -0.225. The molecule has 4 nitrogen and oxygen atoms in total. The van der Waals surface area contributed by atoms with Crippen molar-refractivity contribution in [3.05, 3.63) is 41.7 Å². The van der Waals surface area contributed by atoms with Crippen LogP contribution in [-0.2, 0) is 13.2 Å². The van der Waals surface area contributed by atoms with Crippen molar-refractivity contribution in [3.8, 4) is 5.75 Å². The van der Waals surface area contributed by atoms with Crippen LogP contribution in [0.15, 0.2) is 24.5 Å². The van der Waals surface area contributed by atoms with E-state index < -0.39 is 0 Å². The Labute approximate surface area is 105 Å². The molecule has 0 aliphatic heterocycles. The van der Waals surface area contributed by atoms with E-state index >= 15 is 0 Å². The van der Waals surface area contributed by atoms with Gasteiger partial charge in [-0.3, -0.25) is 0 Å². The molecule has 0 bridgehead atoms. The first kappa shape index (κ1) is 12.5. The molecule has 0 unspecified atom stereocenters. The van der Waals surface area contributed by atoms with Crippen LogP contribution in [0.3, 0.4) is 0 Å². The Morgan fingerprint density at radius 2 is 2.22 bits per heavy atom. The van der Waals surface area contributed by atoms with Gasteiger partial charge >= 0.3 is 0 Å². The van der Waals surface area contributed by atoms with Crippen LogP contribution in [0.4, 0.5) is 4.39 Å². The second-order valence-corrected chi connectivity index (χ2v) is 4.10. The van der Waals surface area contributed by atoms with Gasteiger partial charge in [0.05, 0.1) is 0 Å². The van der Waals surface area contributed by atoms with Crippen LogP contribution in [-0.4, -0.2) is 14.8 Å². The largest absolute Gasteiger partial charge is 0.486 e. The number of nitrogens with zero attached hydrogens (tertiary/aromatic N) is 3. The van der Waals surface area contributed by atoms with Crippen molar-refractivity contribution in [1.82, 2.24) is 14.8 Å². The van der Waals surface area contributed by atoms with E-state index in [0.717, 1.165) is 18.8 Å². The van der Waals surface area contributed by atoms with Gasteiger partial charge in [-0.05, 0) is 37.1 Å². The highest BCUT2D eigenvalue weighted by molar-refractivity contribution is 5.28. The number of benzene rings is 1. The molecule has 0 aliphatic carbocycles. The summed E-state index contributed by atoms with van der Waals surface area (Å²) in [4.78, 5) is 4.14. The van der Waals surface area contributed by atoms with E-state index in [1.165, 1.54) is 12.4 Å². The van der Waals surface area contributed by atoms with Crippen molar-refractivity contribution < 1.29 is 9.13 Å². The van der Waals surface area contributed by atoms with Crippen molar-refractivity contribution in [2.45, 2.75) is 33.4 Å². The summed E-state index contributed by atoms with van der Waals surface area (Å²) < 4.78 is 20.5. The fourth-order valence-corrected chi connectivity index (χ4v) is 1.65. The molecular formula is C13H16FN3O. The second-order valence-electron chi connectivity index (χ2n) is 4.10. The van der Waals surface area contributed by atoms with Gasteiger partial charge in [-0.25, -0.2) is 14.1 Å². The topological polar surface area (TPSA) is 39.9 Å². The van der Waals surface area contributed by atoms with Crippen LogP contribution in [0.2, 0.25) is 0 Å². The third kappa shape index (κ3) is 2.85. The number of halogens is 1. The zero-order valence-corrected chi connectivity index (χ0v) is 10.6. The molecular weight excluding hydrogens is 233 g/mol. The predicted molar refractivity (Wildman–Crippen MR) is 65.8 cm³/mol. The van der Waals surface area contributed by atoms with Gasteiger partial charge in [0.15, 0.2) is 5.82 Å². The number of aryl methyl sites for hydroxylation is 2. The molecule has 0 aliphatic rings. The Hall–Kier alpha value is -1.91. The zero-order valence-electron chi connectivity index (χ0n) is 10.6. The summed E-state index contributed by atoms with van der Waals surface area (Å²) in [5, 5.41) is 4.12. The fourth-order valence-electron chi connectivity index (χ4n) is 1.65. The first-order chi connectivity index (χ1) is 8.70. The number of rotatable bonds is 5. The van der Waals surface area contributed by atoms with Crippen LogP contribution in [0, 0.1) is 12.7 Å². The fraction of sp³-hybridized carbons (Fsp3) is 0.385. The Balaban J connectivity index is 2.02. The molecule has 1 aromatic carbocycles. The summed E-state index contributed by atoms with van der Waals surface area (Å²) in [7, 11) is 0. The molecule has 1 heterocycles. The summed E-state index contributed by atoms with van der Waals surface area (Å²) in [6.45, 7) is 4.95. The lowest BCUT2D eigenvalue weighted by Crippen LogP contribution is -2.08. The lowest BCUT2D eigenvalue weighted by molar-refractivity contribution is 0.285. The lowest BCUT2D eigenvalue weighted by atomic mass is 10.2. The zero-order chi connectivity index (χ0) is 13.0. The lowest BCUT2D eigenvalue weighted by Gasteiger charge is -2.08. The van der Waals surface area contributed by atoms with Crippen molar-refractivity contribution >= 4 is 0 Å². The molecule has 0 spiro atoms. The van der Waals surface area contributed by atoms with Crippen molar-refractivity contribution in [3.63, 3.8) is 0 Å². The normalized spacial score (nSPS) is 10.6. The van der Waals surface area contributed by atoms with E-state index in [-0.39, 0.29) is 5.82 Å². The van der Waals surface area contributed by atoms with E-state index in [1.54, 1.807) is 19.1 Å². The summed E-state index contributed by atoms with van der Waals surface area (Å²) in [6, 6.07) is 4.69. The molecule has 96 valence electrons. The van der Waals surface area contributed by atoms with Gasteiger partial charge in [0.2, 0.25) is 0 Å². The Bertz CT molecular complexity index is 525. The molecule has 5 heteroatoms. The van der Waals surface area contributed by atoms with Gasteiger partial charge in [0, 0.05) is 6.54 Å². The average Bonchev–Trinajstić information content (AvgIpc) is 2.79. The van der Waals surface area contributed by atoms with Crippen molar-refractivity contribution in [1.29, 1.82) is 0 Å². The van der Waals surface area contributed by atoms with Gasteiger partial charge < -0.3 is 4.74 Å². The van der Waals surface area contributed by atoms with Crippen molar-refractivity contribution in [2.24, 2.45) is 0 Å². The van der Waals surface area contributed by atoms with Crippen LogP contribution < -0.4 is 4.74 Å². The second kappa shape index (κ2) is 5.62. The molecule has 0 radical (unpaired) electrons. The third-order valence-corrected chi connectivity index (χ3v) is 2.63. The van der Waals surface area contributed by atoms with Gasteiger partial charge in [-0.1, -0.05) is 6.92 Å². The van der Waals surface area contributed by atoms with Gasteiger partial charge in [0.1, 0.15) is 24.5 Å². The first-order valence-electron chi connectivity index (χ1n) is 5.96. The van der Waals surface area contributed by atoms with E-state index in [0.29, 0.717) is 17.9 Å². The number of hydrogen-bond donors (Lipinski definition) is 0. The minimum absolute atomic E-state index is 0.225. The monoisotopic (exact) mass is 249 g/mol. The van der Waals surface area contributed by atoms with Crippen LogP contribution in [0.1, 0.15) is 24.7 Å². The summed E-state index contributed by atoms with van der Waals surface area (Å²) in [6.07, 6.45) is 2.51. The third-order valence-electron chi connectivity index (χ3n) is 2.63. The smallest absolute Gasteiger partial charge is 0.164 e. The summed E-state index contributed by atoms with van der Waals surface area (Å²) in [5.74, 6) is 1.19. The maximum Gasteiger partial charge on any atom is 0.164 e. The quantitative estimate of drug-likeness (QED) is 0.818. The molecule has 18 heavy (non-hydrogen) atoms. The molecule has 0 N–H and O–H groups in total. The van der Waals surface area contributed by atoms with E-state index in [9.17, 15) is 4.39 Å². The molecule has 2 rings (SSSR count). The maximum atomic E-state index is 13.1. The molecule has 0 atom stereocenters. The number of hydrogen-bond acceptors (Lipinski definition) is 3.